The molecule has 2 heterocycles. The van der Waals surface area contributed by atoms with Gasteiger partial charge in [0.25, 0.3) is 0 Å². The number of esters is 1. The number of rotatable bonds is 2. The van der Waals surface area contributed by atoms with Gasteiger partial charge >= 0.3 is 5.97 Å². The number of ether oxygens (including phenoxy) is 1. The number of hydrogen-bond donors (Lipinski definition) is 0. The summed E-state index contributed by atoms with van der Waals surface area (Å²) in [5.74, 6) is 0.564. The molecule has 5 heteroatoms. The van der Waals surface area contributed by atoms with Crippen LogP contribution in [0.5, 0.6) is 0 Å². The molecule has 0 N–H and O–H groups in total. The van der Waals surface area contributed by atoms with Crippen LogP contribution in [0.1, 0.15) is 18.7 Å². The van der Waals surface area contributed by atoms with Gasteiger partial charge in [-0.3, -0.25) is 4.79 Å². The molecular weight excluding hydrogens is 218 g/mol. The molecule has 88 valence electrons. The van der Waals surface area contributed by atoms with Crippen LogP contribution in [0.25, 0.3) is 11.2 Å². The fourth-order valence-corrected chi connectivity index (χ4v) is 2.29. The fourth-order valence-electron chi connectivity index (χ4n) is 2.29. The molecule has 0 radical (unpaired) electrons. The molecule has 0 saturated heterocycles. The third-order valence-corrected chi connectivity index (χ3v) is 3.41. The maximum atomic E-state index is 11.8. The highest BCUT2D eigenvalue weighted by Crippen LogP contribution is 2.48. The molecule has 1 aliphatic rings. The molecule has 0 aromatic carbocycles. The van der Waals surface area contributed by atoms with Crippen LogP contribution >= 0.6 is 0 Å². The first-order valence-corrected chi connectivity index (χ1v) is 5.55. The van der Waals surface area contributed by atoms with Crippen LogP contribution in [0.4, 0.5) is 0 Å². The lowest BCUT2D eigenvalue weighted by Gasteiger charge is -2.11. The minimum absolute atomic E-state index is 0.198. The van der Waals surface area contributed by atoms with E-state index < -0.39 is 5.41 Å². The number of imidazole rings is 1. The predicted octanol–water partition coefficient (Wildman–Crippen LogP) is 1.17. The van der Waals surface area contributed by atoms with Gasteiger partial charge in [-0.05, 0) is 25.0 Å². The van der Waals surface area contributed by atoms with Crippen molar-refractivity contribution in [1.29, 1.82) is 0 Å². The Morgan fingerprint density at radius 3 is 2.88 bits per heavy atom. The van der Waals surface area contributed by atoms with E-state index in [4.69, 9.17) is 4.74 Å². The van der Waals surface area contributed by atoms with Gasteiger partial charge in [-0.2, -0.15) is 0 Å². The molecule has 0 unspecified atom stereocenters. The van der Waals surface area contributed by atoms with Gasteiger partial charge in [-0.15, -0.1) is 0 Å². The molecule has 1 fully saturated rings. The Hall–Kier alpha value is -1.91. The number of fused-ring (bicyclic) bond motifs is 1. The van der Waals surface area contributed by atoms with Crippen molar-refractivity contribution in [2.75, 3.05) is 7.11 Å². The molecule has 0 amide bonds. The van der Waals surface area contributed by atoms with Gasteiger partial charge in [0, 0.05) is 13.2 Å². The van der Waals surface area contributed by atoms with Crippen LogP contribution in [0.15, 0.2) is 18.3 Å². The van der Waals surface area contributed by atoms with Gasteiger partial charge in [0.2, 0.25) is 0 Å². The van der Waals surface area contributed by atoms with Crippen molar-refractivity contribution in [2.24, 2.45) is 7.05 Å². The van der Waals surface area contributed by atoms with Gasteiger partial charge in [0.15, 0.2) is 5.65 Å². The SMILES string of the molecule is COC(=O)C1(c2nc3ncccc3n2C)CC1. The molecule has 0 spiro atoms. The van der Waals surface area contributed by atoms with Crippen LogP contribution in [-0.4, -0.2) is 27.6 Å². The molecule has 5 nitrogen and oxygen atoms in total. The van der Waals surface area contributed by atoms with Crippen molar-refractivity contribution in [2.45, 2.75) is 18.3 Å². The van der Waals surface area contributed by atoms with E-state index in [2.05, 4.69) is 9.97 Å². The molecule has 1 saturated carbocycles. The van der Waals surface area contributed by atoms with Crippen LogP contribution in [-0.2, 0) is 22.0 Å². The van der Waals surface area contributed by atoms with Crippen molar-refractivity contribution >= 4 is 17.1 Å². The van der Waals surface area contributed by atoms with Gasteiger partial charge in [-0.1, -0.05) is 0 Å². The molecule has 0 bridgehead atoms. The lowest BCUT2D eigenvalue weighted by Crippen LogP contribution is -2.25. The van der Waals surface area contributed by atoms with E-state index >= 15 is 0 Å². The number of carbonyl (C=O) groups excluding carboxylic acids is 1. The monoisotopic (exact) mass is 231 g/mol. The molecule has 17 heavy (non-hydrogen) atoms. The minimum atomic E-state index is -0.538. The van der Waals surface area contributed by atoms with Crippen molar-refractivity contribution in [3.05, 3.63) is 24.2 Å². The van der Waals surface area contributed by atoms with Gasteiger partial charge in [-0.25, -0.2) is 9.97 Å². The molecule has 2 aromatic heterocycles. The Bertz CT molecular complexity index is 599. The summed E-state index contributed by atoms with van der Waals surface area (Å²) >= 11 is 0. The van der Waals surface area contributed by atoms with E-state index in [9.17, 15) is 4.79 Å². The molecule has 1 aliphatic carbocycles. The first-order chi connectivity index (χ1) is 8.19. The number of carbonyl (C=O) groups is 1. The molecular formula is C12H13N3O2. The first-order valence-electron chi connectivity index (χ1n) is 5.55. The van der Waals surface area contributed by atoms with Crippen molar-refractivity contribution in [3.8, 4) is 0 Å². The van der Waals surface area contributed by atoms with E-state index in [1.54, 1.807) is 6.20 Å². The highest BCUT2D eigenvalue weighted by atomic mass is 16.5. The lowest BCUT2D eigenvalue weighted by atomic mass is 10.1. The van der Waals surface area contributed by atoms with Crippen molar-refractivity contribution in [1.82, 2.24) is 14.5 Å². The van der Waals surface area contributed by atoms with Gasteiger partial charge in [0.05, 0.1) is 12.6 Å². The highest BCUT2D eigenvalue weighted by molar-refractivity contribution is 5.87. The third-order valence-electron chi connectivity index (χ3n) is 3.41. The second kappa shape index (κ2) is 3.29. The number of pyridine rings is 1. The summed E-state index contributed by atoms with van der Waals surface area (Å²) in [6.07, 6.45) is 3.31. The number of hydrogen-bond acceptors (Lipinski definition) is 4. The fraction of sp³-hybridized carbons (Fsp3) is 0.417. The summed E-state index contributed by atoms with van der Waals surface area (Å²) in [6.45, 7) is 0. The van der Waals surface area contributed by atoms with Crippen LogP contribution in [0.3, 0.4) is 0 Å². The lowest BCUT2D eigenvalue weighted by molar-refractivity contribution is -0.143. The minimum Gasteiger partial charge on any atom is -0.468 e. The van der Waals surface area contributed by atoms with E-state index in [1.807, 2.05) is 23.7 Å². The zero-order chi connectivity index (χ0) is 12.0. The standard InChI is InChI=1S/C12H13N3O2/c1-15-8-4-3-7-13-9(8)14-10(15)12(5-6-12)11(16)17-2/h3-4,7H,5-6H2,1-2H3. The molecule has 0 aliphatic heterocycles. The highest BCUT2D eigenvalue weighted by Gasteiger charge is 2.56. The van der Waals surface area contributed by atoms with Gasteiger partial charge < -0.3 is 9.30 Å². The molecule has 0 atom stereocenters. The second-order valence-electron chi connectivity index (χ2n) is 4.41. The number of aryl methyl sites for hydroxylation is 1. The molecule has 2 aromatic rings. The van der Waals surface area contributed by atoms with Crippen molar-refractivity contribution < 1.29 is 9.53 Å². The largest absolute Gasteiger partial charge is 0.468 e. The maximum absolute atomic E-state index is 11.8. The van der Waals surface area contributed by atoms with E-state index in [0.717, 1.165) is 24.2 Å². The van der Waals surface area contributed by atoms with Crippen LogP contribution in [0.2, 0.25) is 0 Å². The summed E-state index contributed by atoms with van der Waals surface area (Å²) in [5, 5.41) is 0. The number of methoxy groups -OCH3 is 1. The van der Waals surface area contributed by atoms with Gasteiger partial charge in [0.1, 0.15) is 11.2 Å². The summed E-state index contributed by atoms with van der Waals surface area (Å²) in [7, 11) is 3.33. The summed E-state index contributed by atoms with van der Waals surface area (Å²) < 4.78 is 6.81. The Morgan fingerprint density at radius 2 is 2.29 bits per heavy atom. The Morgan fingerprint density at radius 1 is 1.53 bits per heavy atom. The average Bonchev–Trinajstić information content (AvgIpc) is 3.10. The summed E-state index contributed by atoms with van der Waals surface area (Å²) in [6, 6.07) is 3.82. The van der Waals surface area contributed by atoms with Crippen molar-refractivity contribution in [3.63, 3.8) is 0 Å². The Kier molecular flexibility index (Phi) is 1.98. The number of nitrogens with zero attached hydrogens (tertiary/aromatic N) is 3. The van der Waals surface area contributed by atoms with E-state index in [-0.39, 0.29) is 5.97 Å². The summed E-state index contributed by atoms with van der Waals surface area (Å²) in [5.41, 5.74) is 1.09. The van der Waals surface area contributed by atoms with Crippen LogP contribution < -0.4 is 0 Å². The first kappa shape index (κ1) is 10.3. The second-order valence-corrected chi connectivity index (χ2v) is 4.41. The normalized spacial score (nSPS) is 17.1. The molecule has 3 rings (SSSR count). The maximum Gasteiger partial charge on any atom is 0.319 e. The third kappa shape index (κ3) is 1.28. The topological polar surface area (TPSA) is 57.0 Å². The summed E-state index contributed by atoms with van der Waals surface area (Å²) in [4.78, 5) is 20.5. The smallest absolute Gasteiger partial charge is 0.319 e. The van der Waals surface area contributed by atoms with E-state index in [0.29, 0.717) is 5.65 Å². The van der Waals surface area contributed by atoms with E-state index in [1.165, 1.54) is 7.11 Å². The Labute approximate surface area is 98.4 Å². The number of aromatic nitrogens is 3. The van der Waals surface area contributed by atoms with Crippen LogP contribution in [0, 0.1) is 0 Å². The predicted molar refractivity (Wildman–Crippen MR) is 61.4 cm³/mol. The average molecular weight is 231 g/mol. The zero-order valence-electron chi connectivity index (χ0n) is 9.80. The quantitative estimate of drug-likeness (QED) is 0.728. The Balaban J connectivity index is 2.19. The zero-order valence-corrected chi connectivity index (χ0v) is 9.80.